The fourth-order valence-electron chi connectivity index (χ4n) is 7.25. The van der Waals surface area contributed by atoms with Crippen molar-refractivity contribution in [1.29, 1.82) is 0 Å². The monoisotopic (exact) mass is 679 g/mol. The molecule has 0 aromatic heterocycles. The molecule has 6 rings (SSSR count). The Morgan fingerprint density at radius 3 is 2.27 bits per heavy atom. The number of aliphatic hydroxyl groups excluding tert-OH is 1. The average Bonchev–Trinajstić information content (AvgIpc) is 3.62. The number of benzene rings is 3. The van der Waals surface area contributed by atoms with E-state index in [0.29, 0.717) is 11.3 Å². The number of amides is 2. The second kappa shape index (κ2) is 15.4. The molecule has 0 aliphatic carbocycles. The lowest BCUT2D eigenvalue weighted by Gasteiger charge is -2.43. The van der Waals surface area contributed by atoms with Gasteiger partial charge in [0.05, 0.1) is 18.8 Å². The van der Waals surface area contributed by atoms with Crippen molar-refractivity contribution in [1.82, 2.24) is 15.1 Å². The number of carbonyl (C=O) groups excluding carboxylic acids is 2. The fraction of sp³-hybridized carbons (Fsp3) is 0.474. The van der Waals surface area contributed by atoms with Crippen LogP contribution < -0.4 is 5.32 Å². The summed E-state index contributed by atoms with van der Waals surface area (Å²) in [4.78, 5) is 27.9. The third kappa shape index (κ3) is 8.17. The van der Waals surface area contributed by atoms with E-state index < -0.39 is 30.3 Å². The van der Waals surface area contributed by atoms with Gasteiger partial charge < -0.3 is 29.7 Å². The SMILES string of the molecule is C[C@H]1[C@@H](CN2CCCCC2)O[C@@H](c2ccc(-c3ccccc3CNC(=O)[C@@H]3CCCN3C(=O)C(F)(F)F)cc2)O[C@H]1c1ccc(CO)cc1. The van der Waals surface area contributed by atoms with Gasteiger partial charge >= 0.3 is 12.1 Å². The van der Waals surface area contributed by atoms with E-state index in [1.807, 2.05) is 72.8 Å². The van der Waals surface area contributed by atoms with E-state index in [0.717, 1.165) is 53.0 Å². The van der Waals surface area contributed by atoms with Gasteiger partial charge in [0.2, 0.25) is 5.91 Å². The summed E-state index contributed by atoms with van der Waals surface area (Å²) in [6.45, 7) is 5.11. The number of rotatable bonds is 9. The van der Waals surface area contributed by atoms with Gasteiger partial charge in [-0.25, -0.2) is 0 Å². The highest BCUT2D eigenvalue weighted by Gasteiger charge is 2.47. The Hall–Kier alpha value is -3.77. The molecule has 8 nitrogen and oxygen atoms in total. The number of aliphatic hydroxyl groups is 1. The van der Waals surface area contributed by atoms with E-state index in [1.54, 1.807) is 0 Å². The number of nitrogens with zero attached hydrogens (tertiary/aromatic N) is 2. The van der Waals surface area contributed by atoms with Gasteiger partial charge in [-0.2, -0.15) is 13.2 Å². The van der Waals surface area contributed by atoms with Gasteiger partial charge in [0.1, 0.15) is 6.04 Å². The predicted molar refractivity (Wildman–Crippen MR) is 178 cm³/mol. The molecule has 262 valence electrons. The molecule has 3 aromatic carbocycles. The standard InChI is InChI=1S/C38H44F3N3O5/c1-25-33(23-43-19-5-2-6-20-43)48-36(49-34(25)28-13-11-26(24-45)12-14-28)29-17-15-27(16-18-29)31-9-4-3-8-30(31)22-42-35(46)32-10-7-21-44(32)37(47)38(39,40)41/h3-4,8-9,11-18,25,32-34,36,45H,2,5-7,10,19-24H2,1H3,(H,42,46)/t25-,32-,33+,34+,36+/m0/s1. The molecule has 0 spiro atoms. The Kier molecular flexibility index (Phi) is 11.0. The number of piperidine rings is 1. The highest BCUT2D eigenvalue weighted by Crippen LogP contribution is 2.42. The second-order valence-corrected chi connectivity index (χ2v) is 13.3. The highest BCUT2D eigenvalue weighted by molar-refractivity contribution is 5.90. The zero-order chi connectivity index (χ0) is 34.5. The summed E-state index contributed by atoms with van der Waals surface area (Å²) >= 11 is 0. The number of hydrogen-bond donors (Lipinski definition) is 2. The maximum Gasteiger partial charge on any atom is 0.471 e. The van der Waals surface area contributed by atoms with Crippen molar-refractivity contribution in [2.75, 3.05) is 26.2 Å². The molecule has 0 radical (unpaired) electrons. The van der Waals surface area contributed by atoms with Crippen molar-refractivity contribution >= 4 is 11.8 Å². The first-order chi connectivity index (χ1) is 23.6. The summed E-state index contributed by atoms with van der Waals surface area (Å²) in [6, 6.07) is 22.2. The Morgan fingerprint density at radius 2 is 1.57 bits per heavy atom. The maximum absolute atomic E-state index is 13.1. The van der Waals surface area contributed by atoms with Crippen molar-refractivity contribution < 1.29 is 37.3 Å². The molecule has 49 heavy (non-hydrogen) atoms. The van der Waals surface area contributed by atoms with E-state index >= 15 is 0 Å². The number of alkyl halides is 3. The summed E-state index contributed by atoms with van der Waals surface area (Å²) in [7, 11) is 0. The summed E-state index contributed by atoms with van der Waals surface area (Å²) in [5.74, 6) is -2.47. The minimum atomic E-state index is -5.02. The maximum atomic E-state index is 13.1. The number of likely N-dealkylation sites (tertiary alicyclic amines) is 2. The number of halogens is 3. The smallest absolute Gasteiger partial charge is 0.392 e. The first-order valence-corrected chi connectivity index (χ1v) is 17.2. The van der Waals surface area contributed by atoms with Gasteiger partial charge in [0, 0.05) is 31.1 Å². The van der Waals surface area contributed by atoms with Crippen LogP contribution in [0, 0.1) is 5.92 Å². The van der Waals surface area contributed by atoms with E-state index in [4.69, 9.17) is 9.47 Å². The molecule has 3 aliphatic rings. The molecule has 3 fully saturated rings. The van der Waals surface area contributed by atoms with E-state index in [9.17, 15) is 27.9 Å². The van der Waals surface area contributed by atoms with Crippen molar-refractivity contribution in [3.8, 4) is 11.1 Å². The molecular weight excluding hydrogens is 635 g/mol. The number of carbonyl (C=O) groups is 2. The Morgan fingerprint density at radius 1 is 0.878 bits per heavy atom. The normalized spacial score (nSPS) is 24.9. The van der Waals surface area contributed by atoms with Crippen molar-refractivity contribution in [3.63, 3.8) is 0 Å². The second-order valence-electron chi connectivity index (χ2n) is 13.3. The lowest BCUT2D eigenvalue weighted by atomic mass is 9.89. The molecule has 0 saturated carbocycles. The number of hydrogen-bond acceptors (Lipinski definition) is 6. The van der Waals surface area contributed by atoms with Crippen LogP contribution >= 0.6 is 0 Å². The molecule has 0 unspecified atom stereocenters. The van der Waals surface area contributed by atoms with Crippen LogP contribution in [-0.2, 0) is 32.2 Å². The van der Waals surface area contributed by atoms with Crippen LogP contribution in [0.1, 0.15) is 73.7 Å². The van der Waals surface area contributed by atoms with E-state index in [2.05, 4.69) is 17.1 Å². The quantitative estimate of drug-likeness (QED) is 0.276. The van der Waals surface area contributed by atoms with Gasteiger partial charge in [0.15, 0.2) is 6.29 Å². The van der Waals surface area contributed by atoms with Crippen LogP contribution in [-0.4, -0.2) is 71.2 Å². The largest absolute Gasteiger partial charge is 0.471 e. The fourth-order valence-corrected chi connectivity index (χ4v) is 7.25. The third-order valence-corrected chi connectivity index (χ3v) is 10.0. The van der Waals surface area contributed by atoms with Crippen LogP contribution in [0.5, 0.6) is 0 Å². The highest BCUT2D eigenvalue weighted by atomic mass is 19.4. The number of nitrogens with one attached hydrogen (secondary N) is 1. The van der Waals surface area contributed by atoms with Crippen LogP contribution in [0.25, 0.3) is 11.1 Å². The molecule has 3 heterocycles. The Bertz CT molecular complexity index is 1580. The molecule has 2 amide bonds. The molecular formula is C38H44F3N3O5. The minimum Gasteiger partial charge on any atom is -0.392 e. The lowest BCUT2D eigenvalue weighted by molar-refractivity contribution is -0.276. The Labute approximate surface area is 285 Å². The summed E-state index contributed by atoms with van der Waals surface area (Å²) in [5.41, 5.74) is 5.32. The van der Waals surface area contributed by atoms with Crippen molar-refractivity contribution in [2.24, 2.45) is 5.92 Å². The zero-order valence-electron chi connectivity index (χ0n) is 27.7. The lowest BCUT2D eigenvalue weighted by Crippen LogP contribution is -2.50. The summed E-state index contributed by atoms with van der Waals surface area (Å²) < 4.78 is 52.6. The molecule has 3 aliphatic heterocycles. The topological polar surface area (TPSA) is 91.3 Å². The Balaban J connectivity index is 1.17. The average molecular weight is 680 g/mol. The molecule has 0 bridgehead atoms. The number of ether oxygens (including phenoxy) is 2. The van der Waals surface area contributed by atoms with E-state index in [1.165, 1.54) is 19.3 Å². The molecule has 2 N–H and O–H groups in total. The van der Waals surface area contributed by atoms with Crippen molar-refractivity contribution in [2.45, 2.75) is 82.9 Å². The van der Waals surface area contributed by atoms with Gasteiger partial charge in [-0.05, 0) is 66.6 Å². The zero-order valence-corrected chi connectivity index (χ0v) is 27.7. The van der Waals surface area contributed by atoms with Gasteiger partial charge in [-0.15, -0.1) is 0 Å². The third-order valence-electron chi connectivity index (χ3n) is 10.0. The first kappa shape index (κ1) is 35.1. The molecule has 11 heteroatoms. The van der Waals surface area contributed by atoms with Crippen LogP contribution in [0.4, 0.5) is 13.2 Å². The van der Waals surface area contributed by atoms with Crippen LogP contribution in [0.2, 0.25) is 0 Å². The van der Waals surface area contributed by atoms with Gasteiger partial charge in [-0.1, -0.05) is 86.1 Å². The van der Waals surface area contributed by atoms with Crippen LogP contribution in [0.3, 0.4) is 0 Å². The molecule has 3 aromatic rings. The van der Waals surface area contributed by atoms with E-state index in [-0.39, 0.29) is 44.2 Å². The summed E-state index contributed by atoms with van der Waals surface area (Å²) in [6.07, 6.45) is -1.70. The predicted octanol–water partition coefficient (Wildman–Crippen LogP) is 6.29. The van der Waals surface area contributed by atoms with Crippen molar-refractivity contribution in [3.05, 3.63) is 95.1 Å². The molecule has 5 atom stereocenters. The summed E-state index contributed by atoms with van der Waals surface area (Å²) in [5, 5.41) is 12.3. The minimum absolute atomic E-state index is 0.0192. The first-order valence-electron chi connectivity index (χ1n) is 17.2. The van der Waals surface area contributed by atoms with Gasteiger partial charge in [-0.3, -0.25) is 9.59 Å². The van der Waals surface area contributed by atoms with Crippen LogP contribution in [0.15, 0.2) is 72.8 Å². The van der Waals surface area contributed by atoms with Gasteiger partial charge in [0.25, 0.3) is 0 Å². The molecule has 3 saturated heterocycles.